The molecule has 0 aromatic carbocycles. The molecule has 0 bridgehead atoms. The third-order valence-corrected chi connectivity index (χ3v) is 2.96. The van der Waals surface area contributed by atoms with E-state index in [0.717, 1.165) is 58.9 Å². The molecule has 2 fully saturated rings. The molecule has 15 heavy (non-hydrogen) atoms. The van der Waals surface area contributed by atoms with Gasteiger partial charge in [0.25, 0.3) is 0 Å². The highest BCUT2D eigenvalue weighted by molar-refractivity contribution is 5.57. The second-order valence-electron chi connectivity index (χ2n) is 3.85. The summed E-state index contributed by atoms with van der Waals surface area (Å²) in [5.41, 5.74) is 0. The minimum Gasteiger partial charge on any atom is -0.379 e. The second kappa shape index (κ2) is 5.55. The molecular formula is C10H18N2O3. The lowest BCUT2D eigenvalue weighted by Gasteiger charge is -2.39. The zero-order valence-electron chi connectivity index (χ0n) is 8.93. The molecule has 5 nitrogen and oxygen atoms in total. The molecule has 86 valence electrons. The Morgan fingerprint density at radius 3 is 1.60 bits per heavy atom. The third kappa shape index (κ3) is 2.75. The van der Waals surface area contributed by atoms with Gasteiger partial charge in [0.1, 0.15) is 6.17 Å². The Kier molecular flexibility index (Phi) is 4.08. The molecule has 2 aliphatic rings. The summed E-state index contributed by atoms with van der Waals surface area (Å²) in [5, 5.41) is 0. The minimum atomic E-state index is -0.0854. The number of carbonyl (C=O) groups excluding carboxylic acids is 1. The number of nitrogens with zero attached hydrogens (tertiary/aromatic N) is 2. The molecule has 0 unspecified atom stereocenters. The number of aldehydes is 1. The highest BCUT2D eigenvalue weighted by Crippen LogP contribution is 2.09. The van der Waals surface area contributed by atoms with Crippen LogP contribution in [0.1, 0.15) is 0 Å². The summed E-state index contributed by atoms with van der Waals surface area (Å²) >= 11 is 0. The van der Waals surface area contributed by atoms with E-state index in [1.807, 2.05) is 0 Å². The van der Waals surface area contributed by atoms with Crippen molar-refractivity contribution in [1.29, 1.82) is 0 Å². The first kappa shape index (κ1) is 11.0. The molecular weight excluding hydrogens is 196 g/mol. The maximum atomic E-state index is 11.1. The number of hydrogen-bond acceptors (Lipinski definition) is 5. The van der Waals surface area contributed by atoms with Crippen molar-refractivity contribution in [3.8, 4) is 0 Å². The molecule has 0 aromatic rings. The average Bonchev–Trinajstić information content (AvgIpc) is 2.33. The predicted octanol–water partition coefficient (Wildman–Crippen LogP) is -0.824. The van der Waals surface area contributed by atoms with Crippen LogP contribution in [0.3, 0.4) is 0 Å². The van der Waals surface area contributed by atoms with Crippen molar-refractivity contribution in [2.75, 3.05) is 52.6 Å². The number of carbonyl (C=O) groups is 1. The topological polar surface area (TPSA) is 42.0 Å². The molecule has 0 radical (unpaired) electrons. The van der Waals surface area contributed by atoms with Crippen LogP contribution in [0.25, 0.3) is 0 Å². The van der Waals surface area contributed by atoms with E-state index in [0.29, 0.717) is 0 Å². The van der Waals surface area contributed by atoms with E-state index in [2.05, 4.69) is 9.80 Å². The molecule has 0 aliphatic carbocycles. The van der Waals surface area contributed by atoms with Gasteiger partial charge in [0.2, 0.25) is 0 Å². The molecule has 2 heterocycles. The summed E-state index contributed by atoms with van der Waals surface area (Å²) in [7, 11) is 0. The third-order valence-electron chi connectivity index (χ3n) is 2.96. The van der Waals surface area contributed by atoms with Gasteiger partial charge in [0.15, 0.2) is 6.29 Å². The molecule has 0 spiro atoms. The van der Waals surface area contributed by atoms with Crippen molar-refractivity contribution >= 4 is 6.29 Å². The van der Waals surface area contributed by atoms with E-state index in [1.54, 1.807) is 0 Å². The Morgan fingerprint density at radius 2 is 1.27 bits per heavy atom. The number of ether oxygens (including phenoxy) is 2. The number of morpholine rings is 2. The van der Waals surface area contributed by atoms with Crippen molar-refractivity contribution in [2.45, 2.75) is 6.17 Å². The second-order valence-corrected chi connectivity index (χ2v) is 3.85. The molecule has 2 saturated heterocycles. The summed E-state index contributed by atoms with van der Waals surface area (Å²) in [4.78, 5) is 15.5. The van der Waals surface area contributed by atoms with Crippen LogP contribution in [0.15, 0.2) is 0 Å². The molecule has 0 saturated carbocycles. The standard InChI is InChI=1S/C10H18N2O3/c13-9-10(11-1-5-14-6-2-11)12-3-7-15-8-4-12/h9-10H,1-8H2. The zero-order chi connectivity index (χ0) is 10.5. The first-order valence-electron chi connectivity index (χ1n) is 5.51. The van der Waals surface area contributed by atoms with Crippen molar-refractivity contribution in [2.24, 2.45) is 0 Å². The zero-order valence-corrected chi connectivity index (χ0v) is 8.93. The molecule has 5 heteroatoms. The number of rotatable bonds is 3. The SMILES string of the molecule is O=CC(N1CCOCC1)N1CCOCC1. The van der Waals surface area contributed by atoms with E-state index in [-0.39, 0.29) is 6.17 Å². The fourth-order valence-electron chi connectivity index (χ4n) is 2.09. The van der Waals surface area contributed by atoms with E-state index in [9.17, 15) is 4.79 Å². The predicted molar refractivity (Wildman–Crippen MR) is 54.6 cm³/mol. The minimum absolute atomic E-state index is 0.0854. The van der Waals surface area contributed by atoms with Crippen LogP contribution in [0.5, 0.6) is 0 Å². The van der Waals surface area contributed by atoms with Gasteiger partial charge in [-0.1, -0.05) is 0 Å². The van der Waals surface area contributed by atoms with Crippen molar-refractivity contribution in [3.05, 3.63) is 0 Å². The van der Waals surface area contributed by atoms with Crippen LogP contribution < -0.4 is 0 Å². The fourth-order valence-corrected chi connectivity index (χ4v) is 2.09. The Hall–Kier alpha value is -0.490. The lowest BCUT2D eigenvalue weighted by atomic mass is 10.3. The molecule has 0 N–H and O–H groups in total. The van der Waals surface area contributed by atoms with E-state index in [4.69, 9.17) is 9.47 Å². The van der Waals surface area contributed by atoms with Crippen molar-refractivity contribution in [1.82, 2.24) is 9.80 Å². The first-order valence-corrected chi connectivity index (χ1v) is 5.51. The summed E-state index contributed by atoms with van der Waals surface area (Å²) in [6.07, 6.45) is 0.953. The molecule has 0 amide bonds. The van der Waals surface area contributed by atoms with E-state index in [1.165, 1.54) is 0 Å². The van der Waals surface area contributed by atoms with Gasteiger partial charge in [-0.3, -0.25) is 9.80 Å². The first-order chi connectivity index (χ1) is 7.42. The van der Waals surface area contributed by atoms with Crippen LogP contribution in [-0.2, 0) is 14.3 Å². The molecule has 0 atom stereocenters. The average molecular weight is 214 g/mol. The largest absolute Gasteiger partial charge is 0.379 e. The van der Waals surface area contributed by atoms with Crippen LogP contribution >= 0.6 is 0 Å². The summed E-state index contributed by atoms with van der Waals surface area (Å²) < 4.78 is 10.6. The van der Waals surface area contributed by atoms with Gasteiger partial charge in [0, 0.05) is 26.2 Å². The Labute approximate surface area is 89.9 Å². The van der Waals surface area contributed by atoms with Crippen molar-refractivity contribution < 1.29 is 14.3 Å². The fraction of sp³-hybridized carbons (Fsp3) is 0.900. The summed E-state index contributed by atoms with van der Waals surface area (Å²) in [5.74, 6) is 0. The van der Waals surface area contributed by atoms with Gasteiger partial charge in [-0.05, 0) is 0 Å². The maximum Gasteiger partial charge on any atom is 0.151 e. The molecule has 0 aromatic heterocycles. The lowest BCUT2D eigenvalue weighted by molar-refractivity contribution is -0.126. The van der Waals surface area contributed by atoms with Gasteiger partial charge in [0.05, 0.1) is 26.4 Å². The van der Waals surface area contributed by atoms with Crippen LogP contribution in [0.2, 0.25) is 0 Å². The monoisotopic (exact) mass is 214 g/mol. The summed E-state index contributed by atoms with van der Waals surface area (Å²) in [6, 6.07) is 0. The van der Waals surface area contributed by atoms with Gasteiger partial charge < -0.3 is 14.3 Å². The smallest absolute Gasteiger partial charge is 0.151 e. The Balaban J connectivity index is 1.91. The highest BCUT2D eigenvalue weighted by Gasteiger charge is 2.27. The lowest BCUT2D eigenvalue weighted by Crippen LogP contribution is -2.56. The van der Waals surface area contributed by atoms with E-state index < -0.39 is 0 Å². The Morgan fingerprint density at radius 1 is 0.867 bits per heavy atom. The van der Waals surface area contributed by atoms with Crippen LogP contribution in [0.4, 0.5) is 0 Å². The van der Waals surface area contributed by atoms with Gasteiger partial charge in [-0.25, -0.2) is 0 Å². The Bertz CT molecular complexity index is 183. The maximum absolute atomic E-state index is 11.1. The van der Waals surface area contributed by atoms with Crippen molar-refractivity contribution in [3.63, 3.8) is 0 Å². The quantitative estimate of drug-likeness (QED) is 0.574. The molecule has 2 rings (SSSR count). The van der Waals surface area contributed by atoms with Gasteiger partial charge in [-0.2, -0.15) is 0 Å². The van der Waals surface area contributed by atoms with Gasteiger partial charge >= 0.3 is 0 Å². The molecule has 2 aliphatic heterocycles. The number of hydrogen-bond donors (Lipinski definition) is 0. The van der Waals surface area contributed by atoms with Gasteiger partial charge in [-0.15, -0.1) is 0 Å². The normalized spacial score (nSPS) is 25.7. The van der Waals surface area contributed by atoms with Crippen LogP contribution in [-0.4, -0.2) is 74.9 Å². The summed E-state index contributed by atoms with van der Waals surface area (Å²) in [6.45, 7) is 6.32. The highest BCUT2D eigenvalue weighted by atomic mass is 16.5. The van der Waals surface area contributed by atoms with E-state index >= 15 is 0 Å². The van der Waals surface area contributed by atoms with Crippen LogP contribution in [0, 0.1) is 0 Å².